The molecule has 1 aromatic heterocycles. The van der Waals surface area contributed by atoms with Gasteiger partial charge in [-0.25, -0.2) is 8.78 Å². The molecule has 0 aliphatic carbocycles. The molecule has 0 radical (unpaired) electrons. The Balaban J connectivity index is 1.91. The average Bonchev–Trinajstić information content (AvgIpc) is 3.07. The fourth-order valence-electron chi connectivity index (χ4n) is 3.15. The molecule has 1 saturated heterocycles. The number of nitrogens with one attached hydrogen (secondary N) is 1. The first kappa shape index (κ1) is 18.3. The van der Waals surface area contributed by atoms with Crippen molar-refractivity contribution < 1.29 is 27.4 Å². The van der Waals surface area contributed by atoms with E-state index in [2.05, 4.69) is 9.72 Å². The highest BCUT2D eigenvalue weighted by molar-refractivity contribution is 5.93. The Morgan fingerprint density at radius 2 is 1.85 bits per heavy atom. The van der Waals surface area contributed by atoms with E-state index in [9.17, 15) is 18.0 Å². The van der Waals surface area contributed by atoms with Gasteiger partial charge in [-0.1, -0.05) is 0 Å². The van der Waals surface area contributed by atoms with Crippen molar-refractivity contribution in [3.63, 3.8) is 0 Å². The van der Waals surface area contributed by atoms with Crippen molar-refractivity contribution in [3.05, 3.63) is 41.3 Å². The van der Waals surface area contributed by atoms with Gasteiger partial charge in [0.15, 0.2) is 17.4 Å². The van der Waals surface area contributed by atoms with Crippen LogP contribution in [0.5, 0.6) is 5.75 Å². The lowest BCUT2D eigenvalue weighted by molar-refractivity contribution is -0.0587. The minimum Gasteiger partial charge on any atom is -0.491 e. The molecular formula is C18H19F3N2O3. The Kier molecular flexibility index (Phi) is 4.95. The molecule has 1 fully saturated rings. The Bertz CT molecular complexity index is 827. The molecule has 1 aliphatic rings. The van der Waals surface area contributed by atoms with E-state index in [0.717, 1.165) is 13.2 Å². The quantitative estimate of drug-likeness (QED) is 0.846. The zero-order chi connectivity index (χ0) is 19.0. The molecule has 0 bridgehead atoms. The highest BCUT2D eigenvalue weighted by Gasteiger charge is 2.28. The smallest absolute Gasteiger partial charge is 0.270 e. The number of H-pyrrole nitrogens is 1. The van der Waals surface area contributed by atoms with Gasteiger partial charge in [-0.2, -0.15) is 4.39 Å². The summed E-state index contributed by atoms with van der Waals surface area (Å²) in [5, 5.41) is 0. The summed E-state index contributed by atoms with van der Waals surface area (Å²) in [4.78, 5) is 17.1. The van der Waals surface area contributed by atoms with Crippen LogP contribution in [0, 0.1) is 17.5 Å². The van der Waals surface area contributed by atoms with Crippen molar-refractivity contribution in [2.45, 2.75) is 26.1 Å². The summed E-state index contributed by atoms with van der Waals surface area (Å²) in [7, 11) is 1.05. The van der Waals surface area contributed by atoms with Gasteiger partial charge in [0.2, 0.25) is 5.82 Å². The van der Waals surface area contributed by atoms with E-state index < -0.39 is 23.2 Å². The number of carbonyl (C=O) groups is 1. The van der Waals surface area contributed by atoms with Crippen LogP contribution < -0.4 is 4.74 Å². The van der Waals surface area contributed by atoms with E-state index in [1.165, 1.54) is 12.1 Å². The van der Waals surface area contributed by atoms with Crippen molar-refractivity contribution in [3.8, 4) is 17.0 Å². The van der Waals surface area contributed by atoms with Crippen LogP contribution in [0.3, 0.4) is 0 Å². The van der Waals surface area contributed by atoms with Gasteiger partial charge in [0.05, 0.1) is 19.3 Å². The molecule has 8 heteroatoms. The Hall–Kier alpha value is -2.48. The van der Waals surface area contributed by atoms with Crippen molar-refractivity contribution in [2.24, 2.45) is 0 Å². The minimum atomic E-state index is -1.40. The number of morpholine rings is 1. The largest absolute Gasteiger partial charge is 0.491 e. The molecule has 1 aliphatic heterocycles. The monoisotopic (exact) mass is 368 g/mol. The lowest BCUT2D eigenvalue weighted by Gasteiger charge is -2.35. The maximum absolute atomic E-state index is 14.4. The summed E-state index contributed by atoms with van der Waals surface area (Å²) < 4.78 is 51.9. The summed E-state index contributed by atoms with van der Waals surface area (Å²) >= 11 is 0. The Morgan fingerprint density at radius 3 is 2.46 bits per heavy atom. The van der Waals surface area contributed by atoms with E-state index in [-0.39, 0.29) is 35.1 Å². The van der Waals surface area contributed by atoms with E-state index in [0.29, 0.717) is 13.1 Å². The number of ether oxygens (including phenoxy) is 2. The molecule has 1 aromatic carbocycles. The minimum absolute atomic E-state index is 0.0926. The molecular weight excluding hydrogens is 349 g/mol. The molecule has 1 N–H and O–H groups in total. The van der Waals surface area contributed by atoms with Gasteiger partial charge in [-0.05, 0) is 32.0 Å². The summed E-state index contributed by atoms with van der Waals surface area (Å²) in [6.07, 6.45) is -0.185. The molecule has 140 valence electrons. The summed E-state index contributed by atoms with van der Waals surface area (Å²) in [6.45, 7) is 4.62. The molecule has 2 heterocycles. The number of hydrogen-bond acceptors (Lipinski definition) is 3. The topological polar surface area (TPSA) is 54.6 Å². The normalized spacial score (nSPS) is 20.3. The standard InChI is InChI=1S/C18H19F3N2O3/c1-9-7-23(8-10(2)26-9)18(24)14-5-4-13(22-14)11-6-12(19)16(21)17(25-3)15(11)20/h4-6,9-10,22H,7-8H2,1-3H3/t9-,10+. The first-order valence-corrected chi connectivity index (χ1v) is 8.17. The van der Waals surface area contributed by atoms with Crippen LogP contribution in [0.4, 0.5) is 13.2 Å². The maximum atomic E-state index is 14.4. The van der Waals surface area contributed by atoms with Crippen LogP contribution >= 0.6 is 0 Å². The maximum Gasteiger partial charge on any atom is 0.270 e. The van der Waals surface area contributed by atoms with Gasteiger partial charge < -0.3 is 19.4 Å². The molecule has 1 amide bonds. The van der Waals surface area contributed by atoms with Gasteiger partial charge in [0.1, 0.15) is 5.69 Å². The van der Waals surface area contributed by atoms with E-state index in [1.807, 2.05) is 13.8 Å². The third-order valence-electron chi connectivity index (χ3n) is 4.23. The van der Waals surface area contributed by atoms with Gasteiger partial charge in [0, 0.05) is 24.3 Å². The third-order valence-corrected chi connectivity index (χ3v) is 4.23. The second-order valence-electron chi connectivity index (χ2n) is 6.32. The molecule has 26 heavy (non-hydrogen) atoms. The van der Waals surface area contributed by atoms with Crippen molar-refractivity contribution in [1.29, 1.82) is 0 Å². The van der Waals surface area contributed by atoms with Crippen LogP contribution in [0.2, 0.25) is 0 Å². The van der Waals surface area contributed by atoms with Crippen LogP contribution in [-0.2, 0) is 4.74 Å². The summed E-state index contributed by atoms with van der Waals surface area (Å²) in [6, 6.07) is 3.65. The predicted molar refractivity (Wildman–Crippen MR) is 88.6 cm³/mol. The van der Waals surface area contributed by atoms with Crippen molar-refractivity contribution in [1.82, 2.24) is 9.88 Å². The van der Waals surface area contributed by atoms with E-state index in [4.69, 9.17) is 4.74 Å². The lowest BCUT2D eigenvalue weighted by atomic mass is 10.1. The van der Waals surface area contributed by atoms with Gasteiger partial charge in [0.25, 0.3) is 5.91 Å². The average molecular weight is 368 g/mol. The van der Waals surface area contributed by atoms with Crippen LogP contribution in [0.1, 0.15) is 24.3 Å². The van der Waals surface area contributed by atoms with E-state index >= 15 is 0 Å². The summed E-state index contributed by atoms with van der Waals surface area (Å²) in [5.41, 5.74) is 0.158. The first-order chi connectivity index (χ1) is 12.3. The van der Waals surface area contributed by atoms with Crippen LogP contribution in [0.15, 0.2) is 18.2 Å². The molecule has 0 spiro atoms. The zero-order valence-corrected chi connectivity index (χ0v) is 14.6. The molecule has 0 unspecified atom stereocenters. The molecule has 5 nitrogen and oxygen atoms in total. The zero-order valence-electron chi connectivity index (χ0n) is 14.6. The predicted octanol–water partition coefficient (Wildman–Crippen LogP) is 3.36. The highest BCUT2D eigenvalue weighted by Crippen LogP contribution is 2.33. The van der Waals surface area contributed by atoms with Crippen LogP contribution in [0.25, 0.3) is 11.3 Å². The second kappa shape index (κ2) is 7.03. The SMILES string of the molecule is COc1c(F)c(F)cc(-c2ccc(C(=O)N3C[C@@H](C)O[C@@H](C)C3)[nH]2)c1F. The molecule has 0 saturated carbocycles. The van der Waals surface area contributed by atoms with E-state index in [1.54, 1.807) is 4.90 Å². The number of halogens is 3. The number of aromatic amines is 1. The number of rotatable bonds is 3. The molecule has 2 atom stereocenters. The van der Waals surface area contributed by atoms with Gasteiger partial charge in [-0.15, -0.1) is 0 Å². The van der Waals surface area contributed by atoms with Crippen LogP contribution in [-0.4, -0.2) is 48.2 Å². The number of carbonyl (C=O) groups excluding carboxylic acids is 1. The van der Waals surface area contributed by atoms with Crippen molar-refractivity contribution >= 4 is 5.91 Å². The fourth-order valence-corrected chi connectivity index (χ4v) is 3.15. The molecule has 3 rings (SSSR count). The second-order valence-corrected chi connectivity index (χ2v) is 6.32. The number of amides is 1. The van der Waals surface area contributed by atoms with Gasteiger partial charge >= 0.3 is 0 Å². The number of hydrogen-bond donors (Lipinski definition) is 1. The number of methoxy groups -OCH3 is 1. The number of benzene rings is 1. The first-order valence-electron chi connectivity index (χ1n) is 8.17. The molecule has 2 aromatic rings. The highest BCUT2D eigenvalue weighted by atomic mass is 19.2. The Morgan fingerprint density at radius 1 is 1.19 bits per heavy atom. The van der Waals surface area contributed by atoms with Crippen molar-refractivity contribution in [2.75, 3.05) is 20.2 Å². The summed E-state index contributed by atoms with van der Waals surface area (Å²) in [5.74, 6) is -4.75. The fraction of sp³-hybridized carbons (Fsp3) is 0.389. The number of nitrogens with zero attached hydrogens (tertiary/aromatic N) is 1. The lowest BCUT2D eigenvalue weighted by Crippen LogP contribution is -2.48. The Labute approximate surface area is 148 Å². The van der Waals surface area contributed by atoms with Gasteiger partial charge in [-0.3, -0.25) is 4.79 Å². The third kappa shape index (κ3) is 3.29. The number of aromatic nitrogens is 1.